The number of thiazole rings is 1. The van der Waals surface area contributed by atoms with Crippen LogP contribution < -0.4 is 10.1 Å². The van der Waals surface area contributed by atoms with Crippen LogP contribution in [-0.4, -0.2) is 11.5 Å². The molecule has 0 spiro atoms. The van der Waals surface area contributed by atoms with Crippen molar-refractivity contribution in [3.8, 4) is 5.75 Å². The molecule has 114 valence electrons. The van der Waals surface area contributed by atoms with Gasteiger partial charge in [0.05, 0.1) is 9.88 Å². The molecule has 0 aliphatic heterocycles. The lowest BCUT2D eigenvalue weighted by Gasteiger charge is -2.18. The van der Waals surface area contributed by atoms with Gasteiger partial charge in [-0.3, -0.25) is 0 Å². The number of aromatic nitrogens is 1. The van der Waals surface area contributed by atoms with Crippen molar-refractivity contribution < 1.29 is 9.13 Å². The van der Waals surface area contributed by atoms with Crippen LogP contribution >= 0.6 is 11.3 Å². The first kappa shape index (κ1) is 15.9. The average Bonchev–Trinajstić information content (AvgIpc) is 2.89. The van der Waals surface area contributed by atoms with Gasteiger partial charge in [0.15, 0.2) is 0 Å². The van der Waals surface area contributed by atoms with Crippen LogP contribution in [0, 0.1) is 12.7 Å². The lowest BCUT2D eigenvalue weighted by atomic mass is 10.1. The summed E-state index contributed by atoms with van der Waals surface area (Å²) in [7, 11) is 0. The second-order valence-electron chi connectivity index (χ2n) is 4.99. The van der Waals surface area contributed by atoms with E-state index in [4.69, 9.17) is 4.74 Å². The predicted octanol–water partition coefficient (Wildman–Crippen LogP) is 4.23. The Balaban J connectivity index is 2.10. The zero-order chi connectivity index (χ0) is 15.2. The van der Waals surface area contributed by atoms with Gasteiger partial charge in [0.2, 0.25) is 0 Å². The predicted molar refractivity (Wildman–Crippen MR) is 84.3 cm³/mol. The molecule has 21 heavy (non-hydrogen) atoms. The number of ether oxygens (including phenoxy) is 1. The van der Waals surface area contributed by atoms with Gasteiger partial charge < -0.3 is 10.1 Å². The Morgan fingerprint density at radius 2 is 2.24 bits per heavy atom. The summed E-state index contributed by atoms with van der Waals surface area (Å²) in [5.74, 6) is 0.481. The largest absolute Gasteiger partial charge is 0.488 e. The highest BCUT2D eigenvalue weighted by Crippen LogP contribution is 2.27. The molecular weight excluding hydrogens is 287 g/mol. The summed E-state index contributed by atoms with van der Waals surface area (Å²) < 4.78 is 19.4. The zero-order valence-corrected chi connectivity index (χ0v) is 13.5. The van der Waals surface area contributed by atoms with Crippen LogP contribution in [-0.2, 0) is 6.61 Å². The normalized spacial score (nSPS) is 12.4. The first-order valence-corrected chi connectivity index (χ1v) is 7.98. The minimum absolute atomic E-state index is 0.0545. The van der Waals surface area contributed by atoms with Crippen molar-refractivity contribution in [2.24, 2.45) is 0 Å². The highest BCUT2D eigenvalue weighted by Gasteiger charge is 2.13. The van der Waals surface area contributed by atoms with Gasteiger partial charge in [0, 0.05) is 17.8 Å². The van der Waals surface area contributed by atoms with Crippen molar-refractivity contribution in [3.63, 3.8) is 0 Å². The van der Waals surface area contributed by atoms with E-state index in [0.717, 1.165) is 34.2 Å². The second kappa shape index (κ2) is 7.52. The molecule has 1 N–H and O–H groups in total. The maximum Gasteiger partial charge on any atom is 0.124 e. The van der Waals surface area contributed by atoms with Gasteiger partial charge >= 0.3 is 0 Å². The SMILES string of the molecule is CCCNC(C)c1cc(F)ccc1OCc1cnc(C)s1. The number of benzene rings is 1. The van der Waals surface area contributed by atoms with E-state index in [2.05, 4.69) is 17.2 Å². The summed E-state index contributed by atoms with van der Waals surface area (Å²) in [6, 6.07) is 4.73. The standard InChI is InChI=1S/C16H21FN2OS/c1-4-7-18-11(2)15-8-13(17)5-6-16(15)20-10-14-9-19-12(3)21-14/h5-6,8-9,11,18H,4,7,10H2,1-3H3. The molecule has 1 atom stereocenters. The van der Waals surface area contributed by atoms with Crippen molar-refractivity contribution >= 4 is 11.3 Å². The number of rotatable bonds is 7. The monoisotopic (exact) mass is 308 g/mol. The highest BCUT2D eigenvalue weighted by molar-refractivity contribution is 7.11. The molecule has 0 fully saturated rings. The Hall–Kier alpha value is -1.46. The van der Waals surface area contributed by atoms with Crippen LogP contribution in [0.3, 0.4) is 0 Å². The van der Waals surface area contributed by atoms with Gasteiger partial charge in [0.1, 0.15) is 18.2 Å². The molecule has 0 saturated heterocycles. The van der Waals surface area contributed by atoms with E-state index in [-0.39, 0.29) is 11.9 Å². The molecule has 3 nitrogen and oxygen atoms in total. The number of nitrogens with zero attached hydrogens (tertiary/aromatic N) is 1. The molecule has 0 aliphatic carbocycles. The highest BCUT2D eigenvalue weighted by atomic mass is 32.1. The maximum atomic E-state index is 13.5. The Bertz CT molecular complexity index is 585. The third-order valence-electron chi connectivity index (χ3n) is 3.18. The van der Waals surface area contributed by atoms with E-state index < -0.39 is 0 Å². The summed E-state index contributed by atoms with van der Waals surface area (Å²) in [6.07, 6.45) is 2.86. The molecule has 1 aromatic heterocycles. The van der Waals surface area contributed by atoms with Crippen molar-refractivity contribution in [1.82, 2.24) is 10.3 Å². The summed E-state index contributed by atoms with van der Waals surface area (Å²) >= 11 is 1.61. The molecule has 1 aromatic carbocycles. The first-order valence-electron chi connectivity index (χ1n) is 7.17. The molecule has 1 unspecified atom stereocenters. The Morgan fingerprint density at radius 1 is 1.43 bits per heavy atom. The van der Waals surface area contributed by atoms with Crippen LogP contribution in [0.5, 0.6) is 5.75 Å². The fraction of sp³-hybridized carbons (Fsp3) is 0.438. The first-order chi connectivity index (χ1) is 10.1. The van der Waals surface area contributed by atoms with Gasteiger partial charge in [-0.2, -0.15) is 0 Å². The molecular formula is C16H21FN2OS. The fourth-order valence-corrected chi connectivity index (χ4v) is 2.79. The maximum absolute atomic E-state index is 13.5. The van der Waals surface area contributed by atoms with Gasteiger partial charge in [-0.25, -0.2) is 9.37 Å². The molecule has 0 aliphatic rings. The van der Waals surface area contributed by atoms with E-state index in [1.54, 1.807) is 23.5 Å². The van der Waals surface area contributed by atoms with Gasteiger partial charge in [-0.15, -0.1) is 11.3 Å². The molecule has 1 heterocycles. The molecule has 2 aromatic rings. The third kappa shape index (κ3) is 4.51. The van der Waals surface area contributed by atoms with Crippen molar-refractivity contribution in [1.29, 1.82) is 0 Å². The molecule has 0 bridgehead atoms. The van der Waals surface area contributed by atoms with Crippen molar-refractivity contribution in [2.45, 2.75) is 39.8 Å². The molecule has 0 amide bonds. The zero-order valence-electron chi connectivity index (χ0n) is 12.6. The lowest BCUT2D eigenvalue weighted by Crippen LogP contribution is -2.20. The third-order valence-corrected chi connectivity index (χ3v) is 4.06. The second-order valence-corrected chi connectivity index (χ2v) is 6.31. The topological polar surface area (TPSA) is 34.1 Å². The Labute approximate surface area is 129 Å². The van der Waals surface area contributed by atoms with Crippen LogP contribution in [0.25, 0.3) is 0 Å². The average molecular weight is 308 g/mol. The van der Waals surface area contributed by atoms with Gasteiger partial charge in [0.25, 0.3) is 0 Å². The van der Waals surface area contributed by atoms with Crippen molar-refractivity contribution in [2.75, 3.05) is 6.54 Å². The van der Waals surface area contributed by atoms with E-state index >= 15 is 0 Å². The van der Waals surface area contributed by atoms with Gasteiger partial charge in [-0.1, -0.05) is 6.92 Å². The number of hydrogen-bond donors (Lipinski definition) is 1. The number of halogens is 1. The van der Waals surface area contributed by atoms with Crippen LogP contribution in [0.2, 0.25) is 0 Å². The molecule has 2 rings (SSSR count). The van der Waals surface area contributed by atoms with Crippen LogP contribution in [0.15, 0.2) is 24.4 Å². The van der Waals surface area contributed by atoms with Gasteiger partial charge in [-0.05, 0) is 45.0 Å². The summed E-state index contributed by atoms with van der Waals surface area (Å²) in [4.78, 5) is 5.27. The van der Waals surface area contributed by atoms with E-state index in [0.29, 0.717) is 6.61 Å². The minimum Gasteiger partial charge on any atom is -0.488 e. The molecule has 0 radical (unpaired) electrons. The summed E-state index contributed by atoms with van der Waals surface area (Å²) in [5, 5.41) is 4.38. The smallest absolute Gasteiger partial charge is 0.124 e. The molecule has 0 saturated carbocycles. The van der Waals surface area contributed by atoms with Crippen LogP contribution in [0.1, 0.15) is 41.8 Å². The Kier molecular flexibility index (Phi) is 5.70. The Morgan fingerprint density at radius 3 is 2.90 bits per heavy atom. The number of nitrogens with one attached hydrogen (secondary N) is 1. The van der Waals surface area contributed by atoms with E-state index in [9.17, 15) is 4.39 Å². The van der Waals surface area contributed by atoms with Crippen molar-refractivity contribution in [3.05, 3.63) is 45.7 Å². The molecule has 5 heteroatoms. The number of aryl methyl sites for hydroxylation is 1. The quantitative estimate of drug-likeness (QED) is 0.831. The number of hydrogen-bond acceptors (Lipinski definition) is 4. The minimum atomic E-state index is -0.240. The van der Waals surface area contributed by atoms with E-state index in [1.807, 2.05) is 20.0 Å². The fourth-order valence-electron chi connectivity index (χ4n) is 2.08. The van der Waals surface area contributed by atoms with Crippen LogP contribution in [0.4, 0.5) is 4.39 Å². The summed E-state index contributed by atoms with van der Waals surface area (Å²) in [5.41, 5.74) is 0.852. The van der Waals surface area contributed by atoms with E-state index in [1.165, 1.54) is 6.07 Å². The lowest BCUT2D eigenvalue weighted by molar-refractivity contribution is 0.302. The summed E-state index contributed by atoms with van der Waals surface area (Å²) in [6.45, 7) is 7.45.